The molecule has 0 aromatic carbocycles. The number of hydrogen-bond acceptors (Lipinski definition) is 5. The van der Waals surface area contributed by atoms with Gasteiger partial charge in [-0.1, -0.05) is 11.6 Å². The van der Waals surface area contributed by atoms with Crippen LogP contribution in [0.25, 0.3) is 0 Å². The van der Waals surface area contributed by atoms with E-state index in [2.05, 4.69) is 9.71 Å². The number of thiazole rings is 1. The fourth-order valence-electron chi connectivity index (χ4n) is 3.79. The molecule has 1 aliphatic heterocycles. The maximum absolute atomic E-state index is 12.9. The van der Waals surface area contributed by atoms with Crippen molar-refractivity contribution < 1.29 is 13.7 Å². The van der Waals surface area contributed by atoms with Gasteiger partial charge in [0, 0.05) is 23.4 Å². The number of fused-ring (bicyclic) bond motifs is 1. The van der Waals surface area contributed by atoms with E-state index in [1.807, 2.05) is 41.5 Å². The second-order valence-corrected chi connectivity index (χ2v) is 13.3. The molecule has 0 saturated carbocycles. The lowest BCUT2D eigenvalue weighted by Gasteiger charge is -2.43. The van der Waals surface area contributed by atoms with Crippen LogP contribution in [0.5, 0.6) is 0 Å². The first-order valence-electron chi connectivity index (χ1n) is 9.62. The van der Waals surface area contributed by atoms with E-state index in [9.17, 15) is 9.00 Å². The van der Waals surface area contributed by atoms with Crippen LogP contribution in [0.15, 0.2) is 0 Å². The van der Waals surface area contributed by atoms with Crippen molar-refractivity contribution in [2.24, 2.45) is 5.41 Å². The van der Waals surface area contributed by atoms with Gasteiger partial charge in [-0.2, -0.15) is 0 Å². The smallest absolute Gasteiger partial charge is 0.410 e. The lowest BCUT2D eigenvalue weighted by Crippen LogP contribution is -2.49. The van der Waals surface area contributed by atoms with Crippen LogP contribution in [0.1, 0.15) is 71.0 Å². The third kappa shape index (κ3) is 4.55. The molecule has 1 aromatic rings. The number of halogens is 1. The van der Waals surface area contributed by atoms with Gasteiger partial charge in [0.2, 0.25) is 0 Å². The predicted molar refractivity (Wildman–Crippen MR) is 114 cm³/mol. The summed E-state index contributed by atoms with van der Waals surface area (Å²) in [6.45, 7) is 12.8. The topological polar surface area (TPSA) is 71.5 Å². The molecule has 2 aliphatic rings. The van der Waals surface area contributed by atoms with Gasteiger partial charge < -0.3 is 9.64 Å². The van der Waals surface area contributed by atoms with Crippen molar-refractivity contribution in [3.05, 3.63) is 15.0 Å². The minimum absolute atomic E-state index is 0.0617. The average Bonchev–Trinajstić information content (AvgIpc) is 3.00. The monoisotopic (exact) mass is 447 g/mol. The zero-order valence-corrected chi connectivity index (χ0v) is 19.8. The zero-order valence-electron chi connectivity index (χ0n) is 17.4. The number of likely N-dealkylation sites (tertiary alicyclic amines) is 1. The van der Waals surface area contributed by atoms with Gasteiger partial charge in [0.1, 0.15) is 5.60 Å². The highest BCUT2D eigenvalue weighted by atomic mass is 35.5. The predicted octanol–water partition coefficient (Wildman–Crippen LogP) is 4.46. The van der Waals surface area contributed by atoms with Gasteiger partial charge in [0.05, 0.1) is 27.5 Å². The van der Waals surface area contributed by atoms with E-state index in [4.69, 9.17) is 16.3 Å². The number of hydrogen-bond donors (Lipinski definition) is 1. The van der Waals surface area contributed by atoms with Gasteiger partial charge in [-0.3, -0.25) is 0 Å². The molecular formula is C19H30ClN3O3S2. The van der Waals surface area contributed by atoms with E-state index in [0.717, 1.165) is 29.8 Å². The molecule has 0 unspecified atom stereocenters. The van der Waals surface area contributed by atoms with Gasteiger partial charge >= 0.3 is 6.09 Å². The molecule has 1 spiro atoms. The molecule has 28 heavy (non-hydrogen) atoms. The fourth-order valence-corrected chi connectivity index (χ4v) is 6.15. The maximum atomic E-state index is 12.9. The second kappa shape index (κ2) is 7.52. The molecule has 1 saturated heterocycles. The minimum atomic E-state index is -1.20. The summed E-state index contributed by atoms with van der Waals surface area (Å²) in [6, 6.07) is -0.0617. The zero-order chi connectivity index (χ0) is 20.9. The summed E-state index contributed by atoms with van der Waals surface area (Å²) in [5.74, 6) is 0. The standard InChI is InChI=1S/C19H30ClN3O3S2/c1-17(2,3)26-16(24)23-9-7-19(8-10-23)11-12-13(27-15(20)21-12)14(19)22-28(25)18(4,5)6/h14,22H,7-11H2,1-6H3/t14-,28+/m1/s1. The van der Waals surface area contributed by atoms with Gasteiger partial charge in [0.25, 0.3) is 0 Å². The summed E-state index contributed by atoms with van der Waals surface area (Å²) < 4.78 is 21.9. The van der Waals surface area contributed by atoms with Gasteiger partial charge in [-0.25, -0.2) is 18.7 Å². The molecule has 6 nitrogen and oxygen atoms in total. The van der Waals surface area contributed by atoms with Crippen LogP contribution >= 0.6 is 22.9 Å². The molecule has 0 bridgehead atoms. The van der Waals surface area contributed by atoms with Crippen LogP contribution < -0.4 is 4.72 Å². The lowest BCUT2D eigenvalue weighted by atomic mass is 9.74. The Balaban J connectivity index is 1.78. The van der Waals surface area contributed by atoms with Crippen molar-refractivity contribution >= 4 is 40.0 Å². The summed E-state index contributed by atoms with van der Waals surface area (Å²) in [7, 11) is -1.20. The highest BCUT2D eigenvalue weighted by Gasteiger charge is 2.51. The van der Waals surface area contributed by atoms with Crippen molar-refractivity contribution in [1.29, 1.82) is 0 Å². The van der Waals surface area contributed by atoms with Crippen LogP contribution in [-0.4, -0.2) is 43.6 Å². The van der Waals surface area contributed by atoms with E-state index in [0.29, 0.717) is 17.6 Å². The van der Waals surface area contributed by atoms with Crippen LogP contribution in [0.3, 0.4) is 0 Å². The number of ether oxygens (including phenoxy) is 1. The Morgan fingerprint density at radius 1 is 1.29 bits per heavy atom. The van der Waals surface area contributed by atoms with Crippen molar-refractivity contribution in [3.8, 4) is 0 Å². The van der Waals surface area contributed by atoms with E-state index in [-0.39, 0.29) is 22.3 Å². The second-order valence-electron chi connectivity index (χ2n) is 9.72. The van der Waals surface area contributed by atoms with Crippen LogP contribution in [0.4, 0.5) is 4.79 Å². The normalized spacial score (nSPS) is 23.0. The number of carbonyl (C=O) groups excluding carboxylic acids is 1. The maximum Gasteiger partial charge on any atom is 0.410 e. The van der Waals surface area contributed by atoms with Gasteiger partial charge in [0.15, 0.2) is 4.47 Å². The molecule has 1 amide bonds. The Morgan fingerprint density at radius 3 is 2.43 bits per heavy atom. The van der Waals surface area contributed by atoms with Crippen molar-refractivity contribution in [2.45, 2.75) is 77.2 Å². The SMILES string of the molecule is CC(C)(C)OC(=O)N1CCC2(CC1)Cc1nc(Cl)sc1[C@H]2N[S@@](=O)C(C)(C)C. The molecule has 1 fully saturated rings. The molecule has 3 rings (SSSR count). The summed E-state index contributed by atoms with van der Waals surface area (Å²) in [5, 5.41) is 0. The molecule has 158 valence electrons. The molecular weight excluding hydrogens is 418 g/mol. The van der Waals surface area contributed by atoms with E-state index in [1.165, 1.54) is 11.3 Å². The molecule has 2 heterocycles. The molecule has 1 aromatic heterocycles. The number of carbonyl (C=O) groups is 1. The van der Waals surface area contributed by atoms with Crippen LogP contribution in [0.2, 0.25) is 4.47 Å². The summed E-state index contributed by atoms with van der Waals surface area (Å²) in [6.07, 6.45) is 2.16. The quantitative estimate of drug-likeness (QED) is 0.726. The Hall–Kier alpha value is -0.700. The van der Waals surface area contributed by atoms with E-state index >= 15 is 0 Å². The number of piperidine rings is 1. The minimum Gasteiger partial charge on any atom is -0.444 e. The van der Waals surface area contributed by atoms with Crippen molar-refractivity contribution in [2.75, 3.05) is 13.1 Å². The Morgan fingerprint density at radius 2 is 1.89 bits per heavy atom. The molecule has 1 aliphatic carbocycles. The molecule has 9 heteroatoms. The molecule has 0 radical (unpaired) electrons. The number of rotatable bonds is 2. The summed E-state index contributed by atoms with van der Waals surface area (Å²) >= 11 is 7.63. The first kappa shape index (κ1) is 22.0. The Bertz CT molecular complexity index is 774. The highest BCUT2D eigenvalue weighted by molar-refractivity contribution is 7.84. The number of nitrogens with zero attached hydrogens (tertiary/aromatic N) is 2. The third-order valence-corrected chi connectivity index (χ3v) is 8.12. The van der Waals surface area contributed by atoms with Crippen molar-refractivity contribution in [3.63, 3.8) is 0 Å². The third-order valence-electron chi connectivity index (χ3n) is 5.29. The largest absolute Gasteiger partial charge is 0.444 e. The average molecular weight is 448 g/mol. The number of aromatic nitrogens is 1. The molecule has 1 N–H and O–H groups in total. The van der Waals surface area contributed by atoms with E-state index < -0.39 is 16.6 Å². The van der Waals surface area contributed by atoms with Crippen LogP contribution in [-0.2, 0) is 22.1 Å². The highest BCUT2D eigenvalue weighted by Crippen LogP contribution is 2.54. The summed E-state index contributed by atoms with van der Waals surface area (Å²) in [4.78, 5) is 19.8. The van der Waals surface area contributed by atoms with E-state index in [1.54, 1.807) is 4.90 Å². The fraction of sp³-hybridized carbons (Fsp3) is 0.789. The van der Waals surface area contributed by atoms with Crippen molar-refractivity contribution in [1.82, 2.24) is 14.6 Å². The Labute approximate surface area is 179 Å². The first-order chi connectivity index (χ1) is 12.8. The molecule has 2 atom stereocenters. The Kier molecular flexibility index (Phi) is 5.91. The number of nitrogens with one attached hydrogen (secondary N) is 1. The van der Waals surface area contributed by atoms with Crippen LogP contribution in [0, 0.1) is 5.41 Å². The summed E-state index contributed by atoms with van der Waals surface area (Å²) in [5.41, 5.74) is 0.403. The lowest BCUT2D eigenvalue weighted by molar-refractivity contribution is 0.00726. The van der Waals surface area contributed by atoms with Gasteiger partial charge in [-0.05, 0) is 60.8 Å². The number of amides is 1. The van der Waals surface area contributed by atoms with Gasteiger partial charge in [-0.15, -0.1) is 11.3 Å². The first-order valence-corrected chi connectivity index (χ1v) is 12.0.